The monoisotopic (exact) mass is 311 g/mol. The highest BCUT2D eigenvalue weighted by molar-refractivity contribution is 5.67. The highest BCUT2D eigenvalue weighted by atomic mass is 16.5. The van der Waals surface area contributed by atoms with Gasteiger partial charge in [0.05, 0.1) is 12.1 Å². The Morgan fingerprint density at radius 1 is 1.09 bits per heavy atom. The zero-order valence-corrected chi connectivity index (χ0v) is 12.9. The lowest BCUT2D eigenvalue weighted by Crippen LogP contribution is -2.44. The molecule has 0 spiro atoms. The number of hydrogen-bond donors (Lipinski definition) is 2. The third-order valence-electron chi connectivity index (χ3n) is 4.25. The van der Waals surface area contributed by atoms with Gasteiger partial charge in [0, 0.05) is 6.42 Å². The second kappa shape index (κ2) is 7.29. The van der Waals surface area contributed by atoms with Crippen LogP contribution in [0, 0.1) is 0 Å². The van der Waals surface area contributed by atoms with Gasteiger partial charge in [-0.1, -0.05) is 54.6 Å². The van der Waals surface area contributed by atoms with Crippen LogP contribution in [0.5, 0.6) is 0 Å². The minimum atomic E-state index is -0.595. The van der Waals surface area contributed by atoms with E-state index < -0.39 is 12.2 Å². The highest BCUT2D eigenvalue weighted by Crippen LogP contribution is 2.21. The Morgan fingerprint density at radius 2 is 1.78 bits per heavy atom. The van der Waals surface area contributed by atoms with E-state index in [1.807, 2.05) is 48.5 Å². The summed E-state index contributed by atoms with van der Waals surface area (Å²) in [4.78, 5) is 12.0. The summed E-state index contributed by atoms with van der Waals surface area (Å²) < 4.78 is 5.24. The zero-order valence-electron chi connectivity index (χ0n) is 12.9. The van der Waals surface area contributed by atoms with Gasteiger partial charge >= 0.3 is 6.09 Å². The molecule has 0 heterocycles. The minimum Gasteiger partial charge on any atom is -0.445 e. The van der Waals surface area contributed by atoms with Crippen molar-refractivity contribution in [2.45, 2.75) is 38.0 Å². The fraction of sp³-hybridized carbons (Fsp3) is 0.316. The maximum Gasteiger partial charge on any atom is 0.407 e. The summed E-state index contributed by atoms with van der Waals surface area (Å²) in [5.74, 6) is 0. The third kappa shape index (κ3) is 4.11. The first-order valence-corrected chi connectivity index (χ1v) is 7.94. The van der Waals surface area contributed by atoms with Crippen LogP contribution in [0.4, 0.5) is 4.79 Å². The van der Waals surface area contributed by atoms with Crippen LogP contribution in [-0.2, 0) is 24.2 Å². The van der Waals surface area contributed by atoms with E-state index in [0.29, 0.717) is 12.8 Å². The van der Waals surface area contributed by atoms with Crippen LogP contribution in [0.3, 0.4) is 0 Å². The molecule has 0 aromatic heterocycles. The van der Waals surface area contributed by atoms with E-state index in [4.69, 9.17) is 4.74 Å². The smallest absolute Gasteiger partial charge is 0.407 e. The molecule has 0 bridgehead atoms. The predicted octanol–water partition coefficient (Wildman–Crippen LogP) is 2.83. The molecule has 1 amide bonds. The van der Waals surface area contributed by atoms with E-state index in [1.165, 1.54) is 5.56 Å². The first-order valence-electron chi connectivity index (χ1n) is 7.94. The lowest BCUT2D eigenvalue weighted by molar-refractivity contribution is 0.101. The van der Waals surface area contributed by atoms with Crippen molar-refractivity contribution in [3.8, 4) is 0 Å². The summed E-state index contributed by atoms with van der Waals surface area (Å²) >= 11 is 0. The molecule has 0 aliphatic heterocycles. The Morgan fingerprint density at radius 3 is 2.57 bits per heavy atom. The summed E-state index contributed by atoms with van der Waals surface area (Å²) in [7, 11) is 0. The van der Waals surface area contributed by atoms with Crippen molar-refractivity contribution < 1.29 is 14.6 Å². The maximum atomic E-state index is 12.0. The maximum absolute atomic E-state index is 12.0. The Balaban J connectivity index is 1.54. The molecule has 4 heteroatoms. The molecule has 1 aliphatic rings. The Bertz CT molecular complexity index is 657. The van der Waals surface area contributed by atoms with Crippen LogP contribution < -0.4 is 5.32 Å². The average Bonchev–Trinajstić information content (AvgIpc) is 2.73. The van der Waals surface area contributed by atoms with Gasteiger partial charge in [-0.2, -0.15) is 0 Å². The second-order valence-corrected chi connectivity index (χ2v) is 5.89. The first-order chi connectivity index (χ1) is 11.2. The molecule has 2 aromatic rings. The van der Waals surface area contributed by atoms with Gasteiger partial charge in [0.25, 0.3) is 0 Å². The molecular formula is C19H21NO3. The van der Waals surface area contributed by atoms with Crippen LogP contribution in [0.1, 0.15) is 23.1 Å². The van der Waals surface area contributed by atoms with Crippen molar-refractivity contribution in [3.05, 3.63) is 71.3 Å². The van der Waals surface area contributed by atoms with Gasteiger partial charge < -0.3 is 15.2 Å². The minimum absolute atomic E-state index is 0.232. The number of benzene rings is 2. The number of aliphatic hydroxyl groups is 1. The number of hydrogen-bond acceptors (Lipinski definition) is 3. The van der Waals surface area contributed by atoms with Gasteiger partial charge in [-0.05, 0) is 29.5 Å². The summed E-state index contributed by atoms with van der Waals surface area (Å²) in [5, 5.41) is 13.2. The normalized spacial score (nSPS) is 20.2. The van der Waals surface area contributed by atoms with Crippen LogP contribution in [0.25, 0.3) is 0 Å². The molecule has 0 radical (unpaired) electrons. The number of alkyl carbamates (subject to hydrolysis) is 1. The molecule has 3 rings (SSSR count). The van der Waals surface area contributed by atoms with Gasteiger partial charge in [-0.3, -0.25) is 0 Å². The predicted molar refractivity (Wildman–Crippen MR) is 88.0 cm³/mol. The molecule has 2 unspecified atom stereocenters. The van der Waals surface area contributed by atoms with Crippen LogP contribution in [0.2, 0.25) is 0 Å². The topological polar surface area (TPSA) is 58.6 Å². The SMILES string of the molecule is O=C(NC1CCc2ccccc2CC1O)OCc1ccccc1. The van der Waals surface area contributed by atoms with Crippen molar-refractivity contribution in [3.63, 3.8) is 0 Å². The number of ether oxygens (including phenoxy) is 1. The fourth-order valence-corrected chi connectivity index (χ4v) is 2.96. The molecule has 0 saturated heterocycles. The number of carbonyl (C=O) groups excluding carboxylic acids is 1. The summed E-state index contributed by atoms with van der Waals surface area (Å²) in [6.07, 6.45) is 1.03. The van der Waals surface area contributed by atoms with Crippen molar-refractivity contribution in [2.24, 2.45) is 0 Å². The molecule has 2 atom stereocenters. The average molecular weight is 311 g/mol. The lowest BCUT2D eigenvalue weighted by Gasteiger charge is -2.21. The largest absolute Gasteiger partial charge is 0.445 e. The molecule has 2 N–H and O–H groups in total. The van der Waals surface area contributed by atoms with Gasteiger partial charge in [0.1, 0.15) is 6.61 Å². The molecule has 2 aromatic carbocycles. The number of rotatable bonds is 3. The van der Waals surface area contributed by atoms with Gasteiger partial charge in [-0.25, -0.2) is 4.79 Å². The number of aryl methyl sites for hydroxylation is 1. The van der Waals surface area contributed by atoms with E-state index in [0.717, 1.165) is 17.5 Å². The van der Waals surface area contributed by atoms with Gasteiger partial charge in [0.2, 0.25) is 0 Å². The Hall–Kier alpha value is -2.33. The highest BCUT2D eigenvalue weighted by Gasteiger charge is 2.26. The number of carbonyl (C=O) groups is 1. The van der Waals surface area contributed by atoms with E-state index >= 15 is 0 Å². The fourth-order valence-electron chi connectivity index (χ4n) is 2.96. The van der Waals surface area contributed by atoms with Crippen molar-refractivity contribution >= 4 is 6.09 Å². The zero-order chi connectivity index (χ0) is 16.1. The van der Waals surface area contributed by atoms with Crippen molar-refractivity contribution in [1.29, 1.82) is 0 Å². The molecular weight excluding hydrogens is 290 g/mol. The third-order valence-corrected chi connectivity index (χ3v) is 4.25. The van der Waals surface area contributed by atoms with Crippen molar-refractivity contribution in [1.82, 2.24) is 5.32 Å². The number of fused-ring (bicyclic) bond motifs is 1. The van der Waals surface area contributed by atoms with E-state index in [2.05, 4.69) is 11.4 Å². The molecule has 1 aliphatic carbocycles. The van der Waals surface area contributed by atoms with E-state index in [1.54, 1.807) is 0 Å². The van der Waals surface area contributed by atoms with Gasteiger partial charge in [0.15, 0.2) is 0 Å². The second-order valence-electron chi connectivity index (χ2n) is 5.89. The number of aliphatic hydroxyl groups excluding tert-OH is 1. The first kappa shape index (κ1) is 15.6. The molecule has 0 fully saturated rings. The van der Waals surface area contributed by atoms with Crippen LogP contribution in [0.15, 0.2) is 54.6 Å². The van der Waals surface area contributed by atoms with Crippen LogP contribution >= 0.6 is 0 Å². The van der Waals surface area contributed by atoms with E-state index in [-0.39, 0.29) is 12.6 Å². The summed E-state index contributed by atoms with van der Waals surface area (Å²) in [5.41, 5.74) is 3.34. The Kier molecular flexibility index (Phi) is 4.93. The number of amides is 1. The standard InChI is InChI=1S/C19H21NO3/c21-18-12-16-9-5-4-8-15(16)10-11-17(18)20-19(22)23-13-14-6-2-1-3-7-14/h1-9,17-18,21H,10-13H2,(H,20,22). The molecule has 4 nitrogen and oxygen atoms in total. The number of nitrogens with one attached hydrogen (secondary N) is 1. The van der Waals surface area contributed by atoms with Crippen LogP contribution in [-0.4, -0.2) is 23.3 Å². The van der Waals surface area contributed by atoms with Gasteiger partial charge in [-0.15, -0.1) is 0 Å². The summed E-state index contributed by atoms with van der Waals surface area (Å²) in [6.45, 7) is 0.232. The molecule has 0 saturated carbocycles. The quantitative estimate of drug-likeness (QED) is 0.857. The van der Waals surface area contributed by atoms with E-state index in [9.17, 15) is 9.90 Å². The molecule has 120 valence electrons. The van der Waals surface area contributed by atoms with Crippen molar-refractivity contribution in [2.75, 3.05) is 0 Å². The lowest BCUT2D eigenvalue weighted by atomic mass is 10.0. The molecule has 23 heavy (non-hydrogen) atoms. The Labute approximate surface area is 136 Å². The summed E-state index contributed by atoms with van der Waals surface area (Å²) in [6, 6.07) is 17.4.